The largest absolute Gasteiger partial charge is 0.248 e. The Morgan fingerprint density at radius 2 is 1.95 bits per heavy atom. The van der Waals surface area contributed by atoms with Gasteiger partial charge in [-0.05, 0) is 30.7 Å². The topological polar surface area (TPSA) is 12.9 Å². The Morgan fingerprint density at radius 3 is 2.74 bits per heavy atom. The first-order valence-corrected chi connectivity index (χ1v) is 6.33. The summed E-state index contributed by atoms with van der Waals surface area (Å²) >= 11 is 0. The van der Waals surface area contributed by atoms with Crippen LogP contribution >= 0.6 is 0 Å². The van der Waals surface area contributed by atoms with Crippen molar-refractivity contribution >= 4 is 17.0 Å². The van der Waals surface area contributed by atoms with Crippen LogP contribution in [0, 0.1) is 0 Å². The molecule has 1 nitrogen and oxygen atoms in total. The Bertz CT molecular complexity index is 660. The van der Waals surface area contributed by atoms with Crippen LogP contribution in [0.5, 0.6) is 0 Å². The fourth-order valence-corrected chi connectivity index (χ4v) is 1.85. The number of fused-ring (bicyclic) bond motifs is 1. The number of pyridine rings is 1. The number of nitrogens with zero attached hydrogens (tertiary/aromatic N) is 1. The molecule has 1 aromatic heterocycles. The first kappa shape index (κ1) is 13.0. The van der Waals surface area contributed by atoms with E-state index in [0.29, 0.717) is 0 Å². The van der Waals surface area contributed by atoms with Crippen LogP contribution in [0.3, 0.4) is 0 Å². The monoisotopic (exact) mass is 247 g/mol. The van der Waals surface area contributed by atoms with Gasteiger partial charge < -0.3 is 0 Å². The Balaban J connectivity index is 2.29. The van der Waals surface area contributed by atoms with Gasteiger partial charge in [0.25, 0.3) is 0 Å². The van der Waals surface area contributed by atoms with Gasteiger partial charge in [0, 0.05) is 5.39 Å². The average molecular weight is 247 g/mol. The molecule has 0 saturated carbocycles. The van der Waals surface area contributed by atoms with Gasteiger partial charge in [-0.3, -0.25) is 0 Å². The van der Waals surface area contributed by atoms with Gasteiger partial charge in [-0.2, -0.15) is 0 Å². The summed E-state index contributed by atoms with van der Waals surface area (Å²) in [6.45, 7) is 5.72. The highest BCUT2D eigenvalue weighted by molar-refractivity contribution is 5.79. The zero-order valence-corrected chi connectivity index (χ0v) is 11.1. The molecule has 0 aliphatic heterocycles. The minimum Gasteiger partial charge on any atom is -0.248 e. The lowest BCUT2D eigenvalue weighted by Crippen LogP contribution is -1.82. The molecule has 0 atom stereocenters. The van der Waals surface area contributed by atoms with E-state index >= 15 is 0 Å². The van der Waals surface area contributed by atoms with Crippen molar-refractivity contribution in [1.82, 2.24) is 4.98 Å². The third-order valence-electron chi connectivity index (χ3n) is 2.74. The van der Waals surface area contributed by atoms with Crippen molar-refractivity contribution in [1.29, 1.82) is 0 Å². The Kier molecular flexibility index (Phi) is 4.46. The zero-order valence-electron chi connectivity index (χ0n) is 11.1. The Morgan fingerprint density at radius 1 is 1.11 bits per heavy atom. The highest BCUT2D eigenvalue weighted by atomic mass is 14.7. The summed E-state index contributed by atoms with van der Waals surface area (Å²) in [6, 6.07) is 12.2. The molecule has 1 aromatic carbocycles. The summed E-state index contributed by atoms with van der Waals surface area (Å²) in [5.41, 5.74) is 3.08. The van der Waals surface area contributed by atoms with Crippen molar-refractivity contribution in [2.75, 3.05) is 0 Å². The molecule has 0 aliphatic rings. The second kappa shape index (κ2) is 6.50. The molecular formula is C18H17N. The predicted octanol–water partition coefficient (Wildman–Crippen LogP) is 4.94. The van der Waals surface area contributed by atoms with E-state index < -0.39 is 0 Å². The van der Waals surface area contributed by atoms with Gasteiger partial charge in [0.1, 0.15) is 0 Å². The molecule has 0 spiro atoms. The van der Waals surface area contributed by atoms with Gasteiger partial charge in [-0.25, -0.2) is 4.98 Å². The number of hydrogen-bond donors (Lipinski definition) is 0. The molecule has 1 heteroatoms. The van der Waals surface area contributed by atoms with Crippen LogP contribution in [-0.2, 0) is 0 Å². The van der Waals surface area contributed by atoms with Crippen molar-refractivity contribution in [2.45, 2.75) is 6.92 Å². The number of allylic oxidation sites excluding steroid dienone is 6. The minimum absolute atomic E-state index is 0.957. The first-order valence-electron chi connectivity index (χ1n) is 6.33. The predicted molar refractivity (Wildman–Crippen MR) is 83.9 cm³/mol. The van der Waals surface area contributed by atoms with Gasteiger partial charge in [-0.15, -0.1) is 0 Å². The summed E-state index contributed by atoms with van der Waals surface area (Å²) < 4.78 is 0. The van der Waals surface area contributed by atoms with E-state index in [2.05, 4.69) is 23.7 Å². The lowest BCUT2D eigenvalue weighted by Gasteiger charge is -1.98. The van der Waals surface area contributed by atoms with E-state index in [4.69, 9.17) is 0 Å². The highest BCUT2D eigenvalue weighted by Crippen LogP contribution is 2.13. The lowest BCUT2D eigenvalue weighted by atomic mass is 10.1. The van der Waals surface area contributed by atoms with Crippen molar-refractivity contribution < 1.29 is 0 Å². The molecule has 0 fully saturated rings. The van der Waals surface area contributed by atoms with Crippen molar-refractivity contribution in [3.8, 4) is 0 Å². The minimum atomic E-state index is 0.957. The summed E-state index contributed by atoms with van der Waals surface area (Å²) in [4.78, 5) is 4.60. The highest BCUT2D eigenvalue weighted by Gasteiger charge is 1.94. The number of rotatable bonds is 4. The molecule has 0 unspecified atom stereocenters. The fourth-order valence-electron chi connectivity index (χ4n) is 1.85. The van der Waals surface area contributed by atoms with Crippen LogP contribution < -0.4 is 0 Å². The number of benzene rings is 1. The van der Waals surface area contributed by atoms with E-state index in [-0.39, 0.29) is 0 Å². The molecule has 2 rings (SSSR count). The van der Waals surface area contributed by atoms with Crippen LogP contribution in [0.1, 0.15) is 12.6 Å². The molecule has 1 heterocycles. The average Bonchev–Trinajstić information content (AvgIpc) is 2.45. The number of hydrogen-bond acceptors (Lipinski definition) is 1. The second-order valence-corrected chi connectivity index (χ2v) is 4.16. The van der Waals surface area contributed by atoms with Crippen LogP contribution in [-0.4, -0.2) is 4.98 Å². The molecule has 0 radical (unpaired) electrons. The fraction of sp³-hybridized carbons (Fsp3) is 0.0556. The molecular weight excluding hydrogens is 230 g/mol. The molecule has 0 bridgehead atoms. The summed E-state index contributed by atoms with van der Waals surface area (Å²) in [7, 11) is 0. The standard InChI is InChI=1S/C18H17N/c1-3-7-15(8-4-2)11-13-17-14-12-16-9-5-6-10-18(16)19-17/h3-14H,1H2,2H3/b8-4-,13-11+,15-7+. The van der Waals surface area contributed by atoms with Crippen LogP contribution in [0.2, 0.25) is 0 Å². The van der Waals surface area contributed by atoms with Crippen LogP contribution in [0.15, 0.2) is 78.9 Å². The molecule has 0 amide bonds. The SMILES string of the molecule is C=C/C=C(\C=C/C)/C=C/c1ccc2ccccc2n1. The van der Waals surface area contributed by atoms with Gasteiger partial charge in [0.15, 0.2) is 0 Å². The maximum Gasteiger partial charge on any atom is 0.0709 e. The van der Waals surface area contributed by atoms with E-state index in [0.717, 1.165) is 22.2 Å². The maximum absolute atomic E-state index is 4.60. The lowest BCUT2D eigenvalue weighted by molar-refractivity contribution is 1.37. The molecule has 2 aromatic rings. The Hall–Kier alpha value is -2.41. The van der Waals surface area contributed by atoms with Crippen molar-refractivity contribution in [3.05, 3.63) is 84.6 Å². The first-order chi connectivity index (χ1) is 9.33. The van der Waals surface area contributed by atoms with Gasteiger partial charge in [-0.1, -0.05) is 61.2 Å². The van der Waals surface area contributed by atoms with E-state index in [1.807, 2.05) is 61.6 Å². The second-order valence-electron chi connectivity index (χ2n) is 4.16. The molecule has 0 saturated heterocycles. The molecule has 19 heavy (non-hydrogen) atoms. The maximum atomic E-state index is 4.60. The van der Waals surface area contributed by atoms with Gasteiger partial charge in [0.05, 0.1) is 11.2 Å². The smallest absolute Gasteiger partial charge is 0.0709 e. The van der Waals surface area contributed by atoms with E-state index in [9.17, 15) is 0 Å². The molecule has 0 aliphatic carbocycles. The molecule has 0 N–H and O–H groups in total. The van der Waals surface area contributed by atoms with Crippen molar-refractivity contribution in [3.63, 3.8) is 0 Å². The number of para-hydroxylation sites is 1. The van der Waals surface area contributed by atoms with Gasteiger partial charge in [0.2, 0.25) is 0 Å². The van der Waals surface area contributed by atoms with E-state index in [1.165, 1.54) is 0 Å². The van der Waals surface area contributed by atoms with Crippen molar-refractivity contribution in [2.24, 2.45) is 0 Å². The quantitative estimate of drug-likeness (QED) is 0.697. The zero-order chi connectivity index (χ0) is 13.5. The summed E-state index contributed by atoms with van der Waals surface area (Å²) in [5.74, 6) is 0. The van der Waals surface area contributed by atoms with E-state index in [1.54, 1.807) is 6.08 Å². The summed E-state index contributed by atoms with van der Waals surface area (Å²) in [6.07, 6.45) is 11.9. The normalized spacial score (nSPS) is 12.6. The number of aromatic nitrogens is 1. The third kappa shape index (κ3) is 3.52. The third-order valence-corrected chi connectivity index (χ3v) is 2.74. The van der Waals surface area contributed by atoms with Crippen LogP contribution in [0.25, 0.3) is 17.0 Å². The summed E-state index contributed by atoms with van der Waals surface area (Å²) in [5, 5.41) is 1.16. The van der Waals surface area contributed by atoms with Crippen LogP contribution in [0.4, 0.5) is 0 Å². The molecule has 94 valence electrons. The van der Waals surface area contributed by atoms with Gasteiger partial charge >= 0.3 is 0 Å². The Labute approximate surface area is 114 Å².